The molecule has 0 radical (unpaired) electrons. The third-order valence-corrected chi connectivity index (χ3v) is 5.07. The highest BCUT2D eigenvalue weighted by atomic mass is 16.2. The molecule has 1 aromatic carbocycles. The Balaban J connectivity index is 1.48. The molecule has 24 heavy (non-hydrogen) atoms. The van der Waals surface area contributed by atoms with Gasteiger partial charge in [-0.1, -0.05) is 29.8 Å². The average Bonchev–Trinajstić information content (AvgIpc) is 2.64. The summed E-state index contributed by atoms with van der Waals surface area (Å²) in [4.78, 5) is 28.8. The number of piperazine rings is 1. The summed E-state index contributed by atoms with van der Waals surface area (Å²) in [5, 5.41) is 3.30. The Kier molecular flexibility index (Phi) is 5.51. The second-order valence-electron chi connectivity index (χ2n) is 6.91. The van der Waals surface area contributed by atoms with E-state index in [0.717, 1.165) is 31.5 Å². The molecule has 1 N–H and O–H groups in total. The molecule has 130 valence electrons. The number of nitrogens with one attached hydrogen (secondary N) is 1. The number of carbonyl (C=O) groups excluding carboxylic acids is 2. The molecule has 5 nitrogen and oxygen atoms in total. The van der Waals surface area contributed by atoms with Crippen molar-refractivity contribution in [1.82, 2.24) is 15.1 Å². The summed E-state index contributed by atoms with van der Waals surface area (Å²) < 4.78 is 0. The number of aryl methyl sites for hydroxylation is 1. The van der Waals surface area contributed by atoms with E-state index in [1.54, 1.807) is 0 Å². The number of piperidine rings is 1. The molecule has 3 rings (SSSR count). The Morgan fingerprint density at radius 2 is 1.75 bits per heavy atom. The first kappa shape index (κ1) is 17.0. The molecule has 0 bridgehead atoms. The molecule has 2 saturated heterocycles. The standard InChI is InChI=1S/C19H27N3O2/c1-15-4-6-16(7-5-15)13-18(23)21-9-11-22(12-10-21)19(24)17-3-2-8-20-14-17/h4-7,17,20H,2-3,8-14H2,1H3. The van der Waals surface area contributed by atoms with Gasteiger partial charge in [0.15, 0.2) is 0 Å². The van der Waals surface area contributed by atoms with Crippen molar-refractivity contribution in [1.29, 1.82) is 0 Å². The molecule has 1 aromatic rings. The minimum Gasteiger partial charge on any atom is -0.339 e. The van der Waals surface area contributed by atoms with Crippen molar-refractivity contribution in [2.45, 2.75) is 26.2 Å². The summed E-state index contributed by atoms with van der Waals surface area (Å²) in [6.45, 7) is 6.48. The van der Waals surface area contributed by atoms with Gasteiger partial charge in [0, 0.05) is 32.7 Å². The summed E-state index contributed by atoms with van der Waals surface area (Å²) >= 11 is 0. The first-order valence-corrected chi connectivity index (χ1v) is 8.96. The largest absolute Gasteiger partial charge is 0.339 e. The van der Waals surface area contributed by atoms with E-state index in [2.05, 4.69) is 5.32 Å². The second-order valence-corrected chi connectivity index (χ2v) is 6.91. The predicted octanol–water partition coefficient (Wildman–Crippen LogP) is 1.21. The van der Waals surface area contributed by atoms with Crippen LogP contribution in [0.1, 0.15) is 24.0 Å². The van der Waals surface area contributed by atoms with Gasteiger partial charge in [0.1, 0.15) is 0 Å². The smallest absolute Gasteiger partial charge is 0.227 e. The quantitative estimate of drug-likeness (QED) is 0.907. The first-order chi connectivity index (χ1) is 11.6. The van der Waals surface area contributed by atoms with Crippen LogP contribution in [0, 0.1) is 12.8 Å². The van der Waals surface area contributed by atoms with Gasteiger partial charge in [-0.05, 0) is 31.9 Å². The number of hydrogen-bond donors (Lipinski definition) is 1. The van der Waals surface area contributed by atoms with Crippen LogP contribution in [0.25, 0.3) is 0 Å². The summed E-state index contributed by atoms with van der Waals surface area (Å²) in [5.74, 6) is 0.534. The SMILES string of the molecule is Cc1ccc(CC(=O)N2CCN(C(=O)C3CCCNC3)CC2)cc1. The van der Waals surface area contributed by atoms with Crippen molar-refractivity contribution in [3.8, 4) is 0 Å². The zero-order valence-electron chi connectivity index (χ0n) is 14.5. The number of nitrogens with zero attached hydrogens (tertiary/aromatic N) is 2. The number of hydrogen-bond acceptors (Lipinski definition) is 3. The zero-order chi connectivity index (χ0) is 16.9. The van der Waals surface area contributed by atoms with E-state index < -0.39 is 0 Å². The van der Waals surface area contributed by atoms with Crippen LogP contribution in [0.3, 0.4) is 0 Å². The van der Waals surface area contributed by atoms with Gasteiger partial charge in [0.05, 0.1) is 12.3 Å². The van der Waals surface area contributed by atoms with Gasteiger partial charge in [-0.15, -0.1) is 0 Å². The lowest BCUT2D eigenvalue weighted by Gasteiger charge is -2.37. The normalized spacial score (nSPS) is 21.6. The average molecular weight is 329 g/mol. The maximum absolute atomic E-state index is 12.5. The lowest BCUT2D eigenvalue weighted by molar-refractivity contribution is -0.142. The molecule has 1 atom stereocenters. The lowest BCUT2D eigenvalue weighted by Crippen LogP contribution is -2.53. The Morgan fingerprint density at radius 3 is 2.38 bits per heavy atom. The second kappa shape index (κ2) is 7.79. The monoisotopic (exact) mass is 329 g/mol. The number of amides is 2. The highest BCUT2D eigenvalue weighted by Crippen LogP contribution is 2.15. The van der Waals surface area contributed by atoms with Crippen molar-refractivity contribution in [2.24, 2.45) is 5.92 Å². The van der Waals surface area contributed by atoms with E-state index in [1.165, 1.54) is 5.56 Å². The van der Waals surface area contributed by atoms with Crippen molar-refractivity contribution in [3.63, 3.8) is 0 Å². The van der Waals surface area contributed by atoms with Gasteiger partial charge in [-0.25, -0.2) is 0 Å². The minimum absolute atomic E-state index is 0.119. The van der Waals surface area contributed by atoms with E-state index in [0.29, 0.717) is 32.6 Å². The van der Waals surface area contributed by atoms with E-state index >= 15 is 0 Å². The molecular formula is C19H27N3O2. The van der Waals surface area contributed by atoms with Gasteiger partial charge in [-0.2, -0.15) is 0 Å². The molecule has 5 heteroatoms. The zero-order valence-corrected chi connectivity index (χ0v) is 14.5. The number of rotatable bonds is 3. The highest BCUT2D eigenvalue weighted by Gasteiger charge is 2.29. The van der Waals surface area contributed by atoms with Crippen LogP contribution in [0.5, 0.6) is 0 Å². The maximum atomic E-state index is 12.5. The lowest BCUT2D eigenvalue weighted by atomic mass is 9.98. The van der Waals surface area contributed by atoms with E-state index in [1.807, 2.05) is 41.0 Å². The molecule has 2 heterocycles. The minimum atomic E-state index is 0.119. The molecule has 2 fully saturated rings. The van der Waals surface area contributed by atoms with Crippen LogP contribution >= 0.6 is 0 Å². The third-order valence-electron chi connectivity index (χ3n) is 5.07. The van der Waals surface area contributed by atoms with Crippen molar-refractivity contribution >= 4 is 11.8 Å². The van der Waals surface area contributed by atoms with Crippen LogP contribution in [0.4, 0.5) is 0 Å². The molecule has 1 unspecified atom stereocenters. The van der Waals surface area contributed by atoms with Gasteiger partial charge in [0.2, 0.25) is 11.8 Å². The van der Waals surface area contributed by atoms with Gasteiger partial charge in [-0.3, -0.25) is 9.59 Å². The van der Waals surface area contributed by atoms with E-state index in [-0.39, 0.29) is 17.7 Å². The van der Waals surface area contributed by atoms with Crippen LogP contribution in [0.15, 0.2) is 24.3 Å². The molecule has 0 spiro atoms. The Bertz CT molecular complexity index is 571. The van der Waals surface area contributed by atoms with Gasteiger partial charge >= 0.3 is 0 Å². The molecule has 0 saturated carbocycles. The van der Waals surface area contributed by atoms with E-state index in [9.17, 15) is 9.59 Å². The Labute approximate surface area is 144 Å². The van der Waals surface area contributed by atoms with Crippen LogP contribution in [0.2, 0.25) is 0 Å². The molecule has 2 aliphatic heterocycles. The van der Waals surface area contributed by atoms with Crippen LogP contribution < -0.4 is 5.32 Å². The van der Waals surface area contributed by atoms with Crippen molar-refractivity contribution in [3.05, 3.63) is 35.4 Å². The Hall–Kier alpha value is -1.88. The number of carbonyl (C=O) groups is 2. The summed E-state index contributed by atoms with van der Waals surface area (Å²) in [6, 6.07) is 8.11. The summed E-state index contributed by atoms with van der Waals surface area (Å²) in [7, 11) is 0. The molecule has 0 aromatic heterocycles. The first-order valence-electron chi connectivity index (χ1n) is 8.96. The molecule has 0 aliphatic carbocycles. The topological polar surface area (TPSA) is 52.7 Å². The molecule has 2 aliphatic rings. The van der Waals surface area contributed by atoms with Crippen LogP contribution in [-0.2, 0) is 16.0 Å². The van der Waals surface area contributed by atoms with Crippen molar-refractivity contribution < 1.29 is 9.59 Å². The van der Waals surface area contributed by atoms with Crippen molar-refractivity contribution in [2.75, 3.05) is 39.3 Å². The van der Waals surface area contributed by atoms with Gasteiger partial charge in [0.25, 0.3) is 0 Å². The fourth-order valence-corrected chi connectivity index (χ4v) is 3.49. The highest BCUT2D eigenvalue weighted by molar-refractivity contribution is 5.81. The fourth-order valence-electron chi connectivity index (χ4n) is 3.49. The third kappa shape index (κ3) is 4.15. The summed E-state index contributed by atoms with van der Waals surface area (Å²) in [6.07, 6.45) is 2.50. The van der Waals surface area contributed by atoms with Crippen LogP contribution in [-0.4, -0.2) is 60.9 Å². The predicted molar refractivity (Wildman–Crippen MR) is 93.6 cm³/mol. The molecule has 2 amide bonds. The fraction of sp³-hybridized carbons (Fsp3) is 0.579. The summed E-state index contributed by atoms with van der Waals surface area (Å²) in [5.41, 5.74) is 2.26. The maximum Gasteiger partial charge on any atom is 0.227 e. The molecular weight excluding hydrogens is 302 g/mol. The van der Waals surface area contributed by atoms with E-state index in [4.69, 9.17) is 0 Å². The Morgan fingerprint density at radius 1 is 1.08 bits per heavy atom. The number of benzene rings is 1. The van der Waals surface area contributed by atoms with Gasteiger partial charge < -0.3 is 15.1 Å².